The van der Waals surface area contributed by atoms with Gasteiger partial charge in [-0.15, -0.1) is 0 Å². The molecular formula is C24H31F2N9O2. The number of amidine groups is 1. The molecule has 1 aromatic heterocycles. The van der Waals surface area contributed by atoms with Gasteiger partial charge in [0.05, 0.1) is 24.3 Å². The van der Waals surface area contributed by atoms with Gasteiger partial charge in [-0.2, -0.15) is 0 Å². The minimum absolute atomic E-state index is 0.0892. The molecule has 5 N–H and O–H groups in total. The number of rotatable bonds is 6. The van der Waals surface area contributed by atoms with Crippen LogP contribution >= 0.6 is 0 Å². The van der Waals surface area contributed by atoms with Gasteiger partial charge in [-0.3, -0.25) is 20.0 Å². The Kier molecular flexibility index (Phi) is 8.11. The highest BCUT2D eigenvalue weighted by molar-refractivity contribution is 6.24. The van der Waals surface area contributed by atoms with E-state index < -0.39 is 23.4 Å². The number of nitrogens with two attached hydrogens (primary N) is 1. The number of aromatic nitrogens is 1. The van der Waals surface area contributed by atoms with Crippen LogP contribution in [0.15, 0.2) is 40.8 Å². The number of aliphatic imine (C=N–C) groups is 1. The lowest BCUT2D eigenvalue weighted by atomic mass is 9.94. The SMILES string of the molecule is CCN1CCN(C(=O)C2CCN(c3c(F)cncc3NC(=O)/C(C(=N)N)=C3\N=CC(F)=CN3)CC2)CC1. The number of hydrogen-bond acceptors (Lipinski definition) is 8. The van der Waals surface area contributed by atoms with Crippen LogP contribution < -0.4 is 21.3 Å². The average molecular weight is 516 g/mol. The van der Waals surface area contributed by atoms with E-state index in [-0.39, 0.29) is 34.6 Å². The van der Waals surface area contributed by atoms with Crippen molar-refractivity contribution in [1.82, 2.24) is 20.1 Å². The summed E-state index contributed by atoms with van der Waals surface area (Å²) in [6.07, 6.45) is 5.33. The van der Waals surface area contributed by atoms with E-state index in [0.29, 0.717) is 25.9 Å². The fourth-order valence-electron chi connectivity index (χ4n) is 4.75. The molecule has 0 spiro atoms. The Morgan fingerprint density at radius 1 is 1.16 bits per heavy atom. The second-order valence-electron chi connectivity index (χ2n) is 9.06. The lowest BCUT2D eigenvalue weighted by Crippen LogP contribution is -2.51. The Bertz CT molecular complexity index is 1150. The monoisotopic (exact) mass is 515 g/mol. The van der Waals surface area contributed by atoms with Crippen molar-refractivity contribution < 1.29 is 18.4 Å². The number of halogens is 2. The minimum Gasteiger partial charge on any atom is -0.383 e. The largest absolute Gasteiger partial charge is 0.383 e. The maximum absolute atomic E-state index is 15.0. The first kappa shape index (κ1) is 26.2. The quantitative estimate of drug-likeness (QED) is 0.253. The second kappa shape index (κ2) is 11.5. The van der Waals surface area contributed by atoms with Gasteiger partial charge in [0.25, 0.3) is 5.91 Å². The number of allylic oxidation sites excluding steroid dienone is 1. The Morgan fingerprint density at radius 3 is 2.46 bits per heavy atom. The van der Waals surface area contributed by atoms with Crippen LogP contribution in [0.3, 0.4) is 0 Å². The Labute approximate surface area is 213 Å². The third-order valence-corrected chi connectivity index (χ3v) is 6.81. The molecule has 3 aliphatic heterocycles. The van der Waals surface area contributed by atoms with Crippen molar-refractivity contribution in [1.29, 1.82) is 5.41 Å². The third-order valence-electron chi connectivity index (χ3n) is 6.81. The normalized spacial score (nSPS) is 20.2. The summed E-state index contributed by atoms with van der Waals surface area (Å²) in [6, 6.07) is 0. The summed E-state index contributed by atoms with van der Waals surface area (Å²) in [5.74, 6) is -2.82. The molecule has 4 heterocycles. The maximum atomic E-state index is 15.0. The van der Waals surface area contributed by atoms with Gasteiger partial charge in [-0.05, 0) is 19.4 Å². The van der Waals surface area contributed by atoms with Crippen molar-refractivity contribution in [3.8, 4) is 0 Å². The topological polar surface area (TPSA) is 143 Å². The number of anilines is 2. The van der Waals surface area contributed by atoms with Crippen molar-refractivity contribution in [3.05, 3.63) is 41.6 Å². The van der Waals surface area contributed by atoms with E-state index in [1.54, 1.807) is 4.90 Å². The predicted molar refractivity (Wildman–Crippen MR) is 136 cm³/mol. The smallest absolute Gasteiger partial charge is 0.263 e. The number of nitrogens with zero attached hydrogens (tertiary/aromatic N) is 5. The molecule has 11 nitrogen and oxygen atoms in total. The van der Waals surface area contributed by atoms with E-state index in [0.717, 1.165) is 51.3 Å². The van der Waals surface area contributed by atoms with Gasteiger partial charge in [0.1, 0.15) is 22.9 Å². The fraction of sp³-hybridized carbons (Fsp3) is 0.458. The number of nitrogens with one attached hydrogen (secondary N) is 3. The maximum Gasteiger partial charge on any atom is 0.263 e. The number of amides is 2. The number of piperazine rings is 1. The number of carbonyl (C=O) groups is 2. The summed E-state index contributed by atoms with van der Waals surface area (Å²) >= 11 is 0. The van der Waals surface area contributed by atoms with Crippen LogP contribution in [0.2, 0.25) is 0 Å². The molecule has 0 bridgehead atoms. The van der Waals surface area contributed by atoms with Crippen LogP contribution in [0.25, 0.3) is 0 Å². The van der Waals surface area contributed by atoms with E-state index >= 15 is 0 Å². The van der Waals surface area contributed by atoms with Crippen LogP contribution in [0, 0.1) is 17.1 Å². The highest BCUT2D eigenvalue weighted by Gasteiger charge is 2.32. The first-order valence-corrected chi connectivity index (χ1v) is 12.2. The van der Waals surface area contributed by atoms with Crippen molar-refractivity contribution in [3.63, 3.8) is 0 Å². The number of piperidine rings is 1. The zero-order valence-corrected chi connectivity index (χ0v) is 20.6. The molecule has 0 aromatic carbocycles. The first-order chi connectivity index (χ1) is 17.8. The molecule has 37 heavy (non-hydrogen) atoms. The van der Waals surface area contributed by atoms with Crippen LogP contribution in [-0.4, -0.2) is 84.5 Å². The summed E-state index contributed by atoms with van der Waals surface area (Å²) in [6.45, 7) is 7.11. The molecule has 3 aliphatic rings. The van der Waals surface area contributed by atoms with Crippen LogP contribution in [0.4, 0.5) is 20.2 Å². The van der Waals surface area contributed by atoms with Crippen molar-refractivity contribution in [2.45, 2.75) is 19.8 Å². The number of pyridine rings is 1. The van der Waals surface area contributed by atoms with Crippen LogP contribution in [-0.2, 0) is 9.59 Å². The molecular weight excluding hydrogens is 484 g/mol. The van der Waals surface area contributed by atoms with Crippen molar-refractivity contribution in [2.24, 2.45) is 16.6 Å². The fourth-order valence-corrected chi connectivity index (χ4v) is 4.75. The molecule has 13 heteroatoms. The third kappa shape index (κ3) is 5.93. The number of hydrogen-bond donors (Lipinski definition) is 4. The number of carbonyl (C=O) groups excluding carboxylic acids is 2. The summed E-state index contributed by atoms with van der Waals surface area (Å²) in [5, 5.41) is 12.8. The predicted octanol–water partition coefficient (Wildman–Crippen LogP) is 1.17. The molecule has 198 valence electrons. The van der Waals surface area contributed by atoms with Crippen molar-refractivity contribution >= 4 is 35.2 Å². The van der Waals surface area contributed by atoms with E-state index in [1.807, 2.05) is 4.90 Å². The molecule has 4 rings (SSSR count). The highest BCUT2D eigenvalue weighted by atomic mass is 19.1. The van der Waals surface area contributed by atoms with E-state index in [9.17, 15) is 18.4 Å². The van der Waals surface area contributed by atoms with Gasteiger partial charge in [0.15, 0.2) is 11.6 Å². The highest BCUT2D eigenvalue weighted by Crippen LogP contribution is 2.33. The van der Waals surface area contributed by atoms with Gasteiger partial charge in [0.2, 0.25) is 5.91 Å². The standard InChI is InChI=1S/C24H31F2N9O2/c1-2-33-7-9-35(10-8-33)24(37)15-3-5-34(6-4-15)20-17(26)13-29-14-18(20)32-23(36)19(21(27)28)22-30-11-16(25)12-31-22/h11-15,30H,2-10H2,1H3,(H3,27,28)(H,32,36)/b22-19-. The molecule has 0 atom stereocenters. The van der Waals surface area contributed by atoms with E-state index in [1.165, 1.54) is 6.20 Å². The Balaban J connectivity index is 1.45. The lowest BCUT2D eigenvalue weighted by molar-refractivity contribution is -0.138. The second-order valence-corrected chi connectivity index (χ2v) is 9.06. The van der Waals surface area contributed by atoms with Gasteiger partial charge in [-0.25, -0.2) is 13.8 Å². The molecule has 1 aromatic rings. The van der Waals surface area contributed by atoms with Crippen LogP contribution in [0.5, 0.6) is 0 Å². The van der Waals surface area contributed by atoms with Gasteiger partial charge in [0, 0.05) is 51.4 Å². The zero-order valence-electron chi connectivity index (χ0n) is 20.6. The van der Waals surface area contributed by atoms with Crippen LogP contribution in [0.1, 0.15) is 19.8 Å². The minimum atomic E-state index is -0.826. The van der Waals surface area contributed by atoms with Gasteiger partial charge < -0.3 is 31.1 Å². The molecule has 2 saturated heterocycles. The summed E-state index contributed by atoms with van der Waals surface area (Å²) in [7, 11) is 0. The van der Waals surface area contributed by atoms with Crippen molar-refractivity contribution in [2.75, 3.05) is 56.0 Å². The summed E-state index contributed by atoms with van der Waals surface area (Å²) in [5.41, 5.74) is 5.49. The van der Waals surface area contributed by atoms with Gasteiger partial charge >= 0.3 is 0 Å². The lowest BCUT2D eigenvalue weighted by Gasteiger charge is -2.39. The first-order valence-electron chi connectivity index (χ1n) is 12.2. The zero-order chi connectivity index (χ0) is 26.5. The Morgan fingerprint density at radius 2 is 1.86 bits per heavy atom. The number of likely N-dealkylation sites (N-methyl/N-ethyl adjacent to an activating group) is 1. The Hall–Kier alpha value is -3.87. The van der Waals surface area contributed by atoms with E-state index in [2.05, 4.69) is 32.4 Å². The molecule has 0 unspecified atom stereocenters. The summed E-state index contributed by atoms with van der Waals surface area (Å²) < 4.78 is 28.2. The van der Waals surface area contributed by atoms with Gasteiger partial charge in [-0.1, -0.05) is 6.92 Å². The van der Waals surface area contributed by atoms with E-state index in [4.69, 9.17) is 11.1 Å². The molecule has 0 aliphatic carbocycles. The average Bonchev–Trinajstić information content (AvgIpc) is 2.90. The summed E-state index contributed by atoms with van der Waals surface area (Å²) in [4.78, 5) is 39.7. The molecule has 2 amide bonds. The molecule has 2 fully saturated rings. The molecule has 0 radical (unpaired) electrons. The molecule has 0 saturated carbocycles.